The number of benzene rings is 1. The molecule has 2 amide bonds. The molecular formula is C25H31ClN4O4. The van der Waals surface area contributed by atoms with E-state index in [1.807, 2.05) is 20.8 Å². The van der Waals surface area contributed by atoms with Crippen LogP contribution in [0.1, 0.15) is 77.5 Å². The molecule has 182 valence electrons. The van der Waals surface area contributed by atoms with Crippen LogP contribution in [0.3, 0.4) is 0 Å². The molecule has 0 spiro atoms. The van der Waals surface area contributed by atoms with E-state index in [0.717, 1.165) is 0 Å². The average molecular weight is 487 g/mol. The van der Waals surface area contributed by atoms with Crippen molar-refractivity contribution < 1.29 is 19.1 Å². The number of ketones is 1. The van der Waals surface area contributed by atoms with Gasteiger partial charge in [-0.05, 0) is 59.6 Å². The first kappa shape index (κ1) is 25.6. The number of aromatic nitrogens is 2. The van der Waals surface area contributed by atoms with Crippen molar-refractivity contribution in [3.05, 3.63) is 57.6 Å². The minimum atomic E-state index is -0.553. The number of carbonyl (C=O) groups excluding carboxylic acids is 3. The number of aryl methyl sites for hydroxylation is 2. The van der Waals surface area contributed by atoms with Gasteiger partial charge in [-0.1, -0.05) is 23.7 Å². The molecule has 0 bridgehead atoms. The summed E-state index contributed by atoms with van der Waals surface area (Å²) < 4.78 is 5.47. The molecule has 1 aromatic heterocycles. The Balaban J connectivity index is 1.72. The number of rotatable bonds is 5. The molecule has 0 atom stereocenters. The van der Waals surface area contributed by atoms with Crippen molar-refractivity contribution in [3.8, 4) is 0 Å². The molecular weight excluding hydrogens is 456 g/mol. The minimum absolute atomic E-state index is 0.0107. The number of halogens is 1. The Morgan fingerprint density at radius 2 is 1.82 bits per heavy atom. The predicted octanol–water partition coefficient (Wildman–Crippen LogP) is 4.47. The second-order valence-electron chi connectivity index (χ2n) is 9.47. The average Bonchev–Trinajstić information content (AvgIpc) is 2.75. The maximum atomic E-state index is 13.1. The van der Waals surface area contributed by atoms with Gasteiger partial charge in [-0.25, -0.2) is 14.8 Å². The molecule has 34 heavy (non-hydrogen) atoms. The van der Waals surface area contributed by atoms with Gasteiger partial charge in [0, 0.05) is 29.6 Å². The summed E-state index contributed by atoms with van der Waals surface area (Å²) in [5.41, 5.74) is 1.48. The zero-order valence-electron chi connectivity index (χ0n) is 20.3. The van der Waals surface area contributed by atoms with Crippen LogP contribution in [0.4, 0.5) is 4.79 Å². The molecule has 0 unspecified atom stereocenters. The molecule has 1 aliphatic heterocycles. The maximum Gasteiger partial charge on any atom is 0.410 e. The number of likely N-dealkylation sites (tertiary alicyclic amines) is 1. The molecule has 2 heterocycles. The molecule has 1 saturated heterocycles. The zero-order valence-corrected chi connectivity index (χ0v) is 21.0. The van der Waals surface area contributed by atoms with Gasteiger partial charge in [0.2, 0.25) is 0 Å². The van der Waals surface area contributed by atoms with Crippen molar-refractivity contribution in [3.63, 3.8) is 0 Å². The smallest absolute Gasteiger partial charge is 0.410 e. The first-order chi connectivity index (χ1) is 15.9. The van der Waals surface area contributed by atoms with Crippen LogP contribution >= 0.6 is 11.6 Å². The molecule has 0 radical (unpaired) electrons. The number of hydrogen-bond donors (Lipinski definition) is 1. The summed E-state index contributed by atoms with van der Waals surface area (Å²) in [7, 11) is 0. The number of hydrogen-bond acceptors (Lipinski definition) is 6. The fraction of sp³-hybridized carbons (Fsp3) is 0.480. The predicted molar refractivity (Wildman–Crippen MR) is 129 cm³/mol. The lowest BCUT2D eigenvalue weighted by Crippen LogP contribution is -2.41. The largest absolute Gasteiger partial charge is 0.444 e. The van der Waals surface area contributed by atoms with Crippen molar-refractivity contribution >= 4 is 29.4 Å². The molecule has 0 aliphatic carbocycles. The molecule has 0 saturated carbocycles. The van der Waals surface area contributed by atoms with Crippen molar-refractivity contribution in [2.45, 2.75) is 59.0 Å². The van der Waals surface area contributed by atoms with Crippen molar-refractivity contribution in [1.82, 2.24) is 20.2 Å². The molecule has 3 rings (SSSR count). The highest BCUT2D eigenvalue weighted by atomic mass is 35.5. The van der Waals surface area contributed by atoms with Crippen molar-refractivity contribution in [2.75, 3.05) is 19.6 Å². The molecule has 1 N–H and O–H groups in total. The monoisotopic (exact) mass is 486 g/mol. The Morgan fingerprint density at radius 3 is 2.44 bits per heavy atom. The Labute approximate surface area is 205 Å². The summed E-state index contributed by atoms with van der Waals surface area (Å²) in [5.74, 6) is -0.0664. The van der Waals surface area contributed by atoms with Gasteiger partial charge in [0.25, 0.3) is 5.91 Å². The first-order valence-electron chi connectivity index (χ1n) is 11.3. The van der Waals surface area contributed by atoms with Crippen LogP contribution in [0.25, 0.3) is 0 Å². The van der Waals surface area contributed by atoms with Gasteiger partial charge < -0.3 is 15.0 Å². The number of amides is 2. The highest BCUT2D eigenvalue weighted by Gasteiger charge is 2.31. The Kier molecular flexibility index (Phi) is 7.92. The standard InChI is InChI=1S/C25H31ClN4O4/c1-15-21(23(32)27-14-20(31)18-7-6-8-19(26)13-18)22(29-16(2)28-15)17-9-11-30(12-10-17)24(33)34-25(3,4)5/h6-8,13,17H,9-12,14H2,1-5H3,(H,27,32). The maximum absolute atomic E-state index is 13.1. The Bertz CT molecular complexity index is 1090. The zero-order chi connectivity index (χ0) is 25.0. The van der Waals surface area contributed by atoms with E-state index < -0.39 is 11.5 Å². The Hall–Kier alpha value is -3.00. The normalized spacial score (nSPS) is 14.6. The number of ether oxygens (including phenoxy) is 1. The van der Waals surface area contributed by atoms with Crippen LogP contribution in [-0.4, -0.2) is 57.9 Å². The van der Waals surface area contributed by atoms with E-state index in [2.05, 4.69) is 15.3 Å². The highest BCUT2D eigenvalue weighted by Crippen LogP contribution is 2.31. The van der Waals surface area contributed by atoms with E-state index in [0.29, 0.717) is 59.3 Å². The fourth-order valence-corrected chi connectivity index (χ4v) is 4.18. The summed E-state index contributed by atoms with van der Waals surface area (Å²) in [5, 5.41) is 3.17. The summed E-state index contributed by atoms with van der Waals surface area (Å²) in [4.78, 5) is 48.7. The van der Waals surface area contributed by atoms with Crippen LogP contribution < -0.4 is 5.32 Å². The second kappa shape index (κ2) is 10.5. The van der Waals surface area contributed by atoms with Crippen LogP contribution in [0.15, 0.2) is 24.3 Å². The fourth-order valence-electron chi connectivity index (χ4n) is 3.99. The summed E-state index contributed by atoms with van der Waals surface area (Å²) >= 11 is 5.96. The lowest BCUT2D eigenvalue weighted by molar-refractivity contribution is 0.0203. The van der Waals surface area contributed by atoms with Crippen molar-refractivity contribution in [2.24, 2.45) is 0 Å². The van der Waals surface area contributed by atoms with Gasteiger partial charge in [0.05, 0.1) is 23.5 Å². The first-order valence-corrected chi connectivity index (χ1v) is 11.7. The van der Waals surface area contributed by atoms with E-state index in [1.165, 1.54) is 0 Å². The third-order valence-electron chi connectivity index (χ3n) is 5.55. The molecule has 9 heteroatoms. The van der Waals surface area contributed by atoms with E-state index in [4.69, 9.17) is 16.3 Å². The van der Waals surface area contributed by atoms with Crippen LogP contribution in [0.2, 0.25) is 5.02 Å². The van der Waals surface area contributed by atoms with Crippen LogP contribution in [0.5, 0.6) is 0 Å². The van der Waals surface area contributed by atoms with Crippen LogP contribution in [-0.2, 0) is 4.74 Å². The molecule has 8 nitrogen and oxygen atoms in total. The SMILES string of the molecule is Cc1nc(C)c(C(=O)NCC(=O)c2cccc(Cl)c2)c(C2CCN(C(=O)OC(C)(C)C)CC2)n1. The topological polar surface area (TPSA) is 101 Å². The number of piperidine rings is 1. The molecule has 1 aromatic carbocycles. The highest BCUT2D eigenvalue weighted by molar-refractivity contribution is 6.31. The van der Waals surface area contributed by atoms with Gasteiger partial charge in [0.15, 0.2) is 5.78 Å². The quantitative estimate of drug-likeness (QED) is 0.625. The van der Waals surface area contributed by atoms with E-state index in [9.17, 15) is 14.4 Å². The number of nitrogens with one attached hydrogen (secondary N) is 1. The van der Waals surface area contributed by atoms with Gasteiger partial charge in [0.1, 0.15) is 11.4 Å². The number of nitrogens with zero attached hydrogens (tertiary/aromatic N) is 3. The summed E-state index contributed by atoms with van der Waals surface area (Å²) in [6, 6.07) is 6.60. The summed E-state index contributed by atoms with van der Waals surface area (Å²) in [6.07, 6.45) is 0.965. The van der Waals surface area contributed by atoms with Gasteiger partial charge >= 0.3 is 6.09 Å². The summed E-state index contributed by atoms with van der Waals surface area (Å²) in [6.45, 7) is 9.93. The van der Waals surface area contributed by atoms with Gasteiger partial charge in [-0.3, -0.25) is 9.59 Å². The molecule has 1 aliphatic rings. The third-order valence-corrected chi connectivity index (χ3v) is 5.78. The number of carbonyl (C=O) groups is 3. The second-order valence-corrected chi connectivity index (χ2v) is 9.91. The van der Waals surface area contributed by atoms with Gasteiger partial charge in [-0.2, -0.15) is 0 Å². The van der Waals surface area contributed by atoms with Gasteiger partial charge in [-0.15, -0.1) is 0 Å². The van der Waals surface area contributed by atoms with Crippen LogP contribution in [0, 0.1) is 13.8 Å². The van der Waals surface area contributed by atoms with E-state index in [1.54, 1.807) is 43.0 Å². The lowest BCUT2D eigenvalue weighted by Gasteiger charge is -2.33. The number of Topliss-reactive ketones (excluding diaryl/α,β-unsaturated/α-hetero) is 1. The third kappa shape index (κ3) is 6.53. The van der Waals surface area contributed by atoms with E-state index in [-0.39, 0.29) is 24.3 Å². The minimum Gasteiger partial charge on any atom is -0.444 e. The molecule has 2 aromatic rings. The van der Waals surface area contributed by atoms with E-state index >= 15 is 0 Å². The Morgan fingerprint density at radius 1 is 1.15 bits per heavy atom. The van der Waals surface area contributed by atoms with Crippen molar-refractivity contribution in [1.29, 1.82) is 0 Å². The lowest BCUT2D eigenvalue weighted by atomic mass is 9.89. The molecule has 1 fully saturated rings.